The van der Waals surface area contributed by atoms with Gasteiger partial charge in [-0.05, 0) is 44.0 Å². The third-order valence-corrected chi connectivity index (χ3v) is 5.58. The molecule has 0 aromatic heterocycles. The minimum atomic E-state index is -3.13. The van der Waals surface area contributed by atoms with Gasteiger partial charge in [0.05, 0.1) is 4.90 Å². The number of nitrogens with zero attached hydrogens (tertiary/aromatic N) is 1. The van der Waals surface area contributed by atoms with Crippen LogP contribution in [0.3, 0.4) is 0 Å². The number of hydrogen-bond donors (Lipinski definition) is 1. The molecule has 20 heavy (non-hydrogen) atoms. The van der Waals surface area contributed by atoms with Gasteiger partial charge in [0.2, 0.25) is 0 Å². The molecule has 5 heteroatoms. The Morgan fingerprint density at radius 1 is 1.20 bits per heavy atom. The van der Waals surface area contributed by atoms with Gasteiger partial charge in [-0.2, -0.15) is 0 Å². The van der Waals surface area contributed by atoms with Crippen molar-refractivity contribution in [3.63, 3.8) is 0 Å². The topological polar surface area (TPSA) is 49.4 Å². The van der Waals surface area contributed by atoms with Crippen LogP contribution in [0.15, 0.2) is 29.2 Å². The molecule has 2 aliphatic rings. The Morgan fingerprint density at radius 3 is 2.85 bits per heavy atom. The molecule has 110 valence electrons. The number of fused-ring (bicyclic) bond motifs is 1. The van der Waals surface area contributed by atoms with Crippen molar-refractivity contribution in [2.75, 3.05) is 24.7 Å². The molecule has 3 rings (SSSR count). The largest absolute Gasteiger partial charge is 0.381 e. The molecule has 0 spiro atoms. The first kappa shape index (κ1) is 13.9. The second-order valence-electron chi connectivity index (χ2n) is 5.94. The lowest BCUT2D eigenvalue weighted by Gasteiger charge is -2.33. The van der Waals surface area contributed by atoms with E-state index in [0.717, 1.165) is 18.7 Å². The van der Waals surface area contributed by atoms with E-state index in [2.05, 4.69) is 10.2 Å². The highest BCUT2D eigenvalue weighted by atomic mass is 32.2. The average molecular weight is 294 g/mol. The Bertz CT molecular complexity index is 585. The van der Waals surface area contributed by atoms with Crippen LogP contribution >= 0.6 is 0 Å². The van der Waals surface area contributed by atoms with Crippen LogP contribution in [0.25, 0.3) is 0 Å². The van der Waals surface area contributed by atoms with Gasteiger partial charge in [0, 0.05) is 30.6 Å². The summed E-state index contributed by atoms with van der Waals surface area (Å²) in [5.41, 5.74) is 0.922. The number of piperidine rings is 1. The lowest BCUT2D eigenvalue weighted by molar-refractivity contribution is 0.193. The third kappa shape index (κ3) is 2.83. The van der Waals surface area contributed by atoms with Gasteiger partial charge in [0.1, 0.15) is 0 Å². The van der Waals surface area contributed by atoms with Gasteiger partial charge in [-0.15, -0.1) is 0 Å². The van der Waals surface area contributed by atoms with Crippen molar-refractivity contribution in [3.8, 4) is 0 Å². The van der Waals surface area contributed by atoms with E-state index in [9.17, 15) is 8.42 Å². The Hall–Kier alpha value is -1.07. The molecular formula is C15H22N2O2S. The van der Waals surface area contributed by atoms with E-state index in [1.807, 2.05) is 12.1 Å². The second-order valence-corrected chi connectivity index (χ2v) is 7.95. The van der Waals surface area contributed by atoms with Gasteiger partial charge >= 0.3 is 0 Å². The molecule has 2 heterocycles. The summed E-state index contributed by atoms with van der Waals surface area (Å²) in [5, 5.41) is 3.55. The summed E-state index contributed by atoms with van der Waals surface area (Å²) in [5.74, 6) is 0. The Kier molecular flexibility index (Phi) is 3.73. The smallest absolute Gasteiger partial charge is 0.175 e. The van der Waals surface area contributed by atoms with Crippen molar-refractivity contribution in [1.82, 2.24) is 4.90 Å². The quantitative estimate of drug-likeness (QED) is 0.928. The summed E-state index contributed by atoms with van der Waals surface area (Å²) in [7, 11) is -3.13. The van der Waals surface area contributed by atoms with Crippen molar-refractivity contribution in [1.29, 1.82) is 0 Å². The number of sulfone groups is 1. The first-order chi connectivity index (χ1) is 9.54. The fourth-order valence-corrected chi connectivity index (χ4v) is 4.11. The number of hydrogen-bond acceptors (Lipinski definition) is 4. The molecule has 0 saturated carbocycles. The fourth-order valence-electron chi connectivity index (χ4n) is 3.45. The van der Waals surface area contributed by atoms with Gasteiger partial charge in [-0.1, -0.05) is 12.5 Å². The number of rotatable bonds is 3. The Balaban J connectivity index is 1.75. The first-order valence-electron chi connectivity index (χ1n) is 7.35. The summed E-state index contributed by atoms with van der Waals surface area (Å²) in [6.07, 6.45) is 6.28. The fraction of sp³-hybridized carbons (Fsp3) is 0.600. The van der Waals surface area contributed by atoms with Crippen LogP contribution in [-0.2, 0) is 9.84 Å². The van der Waals surface area contributed by atoms with E-state index < -0.39 is 9.84 Å². The molecule has 1 aromatic carbocycles. The van der Waals surface area contributed by atoms with Crippen LogP contribution in [0, 0.1) is 0 Å². The summed E-state index contributed by atoms with van der Waals surface area (Å²) in [6, 6.07) is 8.24. The van der Waals surface area contributed by atoms with Gasteiger partial charge in [0.15, 0.2) is 9.84 Å². The zero-order valence-corrected chi connectivity index (χ0v) is 12.7. The highest BCUT2D eigenvalue weighted by Gasteiger charge is 2.35. The number of nitrogens with one attached hydrogen (secondary N) is 1. The van der Waals surface area contributed by atoms with Crippen molar-refractivity contribution in [2.45, 2.75) is 42.7 Å². The molecular weight excluding hydrogens is 272 g/mol. The van der Waals surface area contributed by atoms with Crippen molar-refractivity contribution < 1.29 is 8.42 Å². The van der Waals surface area contributed by atoms with Gasteiger partial charge < -0.3 is 5.32 Å². The monoisotopic (exact) mass is 294 g/mol. The summed E-state index contributed by atoms with van der Waals surface area (Å²) in [6.45, 7) is 2.38. The van der Waals surface area contributed by atoms with E-state index >= 15 is 0 Å². The maximum Gasteiger partial charge on any atom is 0.175 e. The van der Waals surface area contributed by atoms with E-state index in [-0.39, 0.29) is 0 Å². The SMILES string of the molecule is CS(=O)(=O)c1cccc(NC2CCN3CCCCC23)c1. The maximum absolute atomic E-state index is 11.6. The minimum absolute atomic E-state index is 0.390. The molecule has 4 nitrogen and oxygen atoms in total. The molecule has 0 radical (unpaired) electrons. The van der Waals surface area contributed by atoms with Gasteiger partial charge in [-0.25, -0.2) is 8.42 Å². The lowest BCUT2D eigenvalue weighted by atomic mass is 9.99. The minimum Gasteiger partial charge on any atom is -0.381 e. The number of anilines is 1. The van der Waals surface area contributed by atoms with Crippen molar-refractivity contribution >= 4 is 15.5 Å². The molecule has 0 bridgehead atoms. The molecule has 2 aliphatic heterocycles. The first-order valence-corrected chi connectivity index (χ1v) is 9.24. The highest BCUT2D eigenvalue weighted by molar-refractivity contribution is 7.90. The lowest BCUT2D eigenvalue weighted by Crippen LogP contribution is -2.41. The molecule has 1 aromatic rings. The number of benzene rings is 1. The molecule has 2 atom stereocenters. The summed E-state index contributed by atoms with van der Waals surface area (Å²) in [4.78, 5) is 2.96. The molecule has 2 saturated heterocycles. The highest BCUT2D eigenvalue weighted by Crippen LogP contribution is 2.29. The molecule has 0 amide bonds. The maximum atomic E-state index is 11.6. The average Bonchev–Trinajstić information content (AvgIpc) is 2.82. The molecule has 1 N–H and O–H groups in total. The van der Waals surface area contributed by atoms with Crippen LogP contribution in [0.5, 0.6) is 0 Å². The van der Waals surface area contributed by atoms with Crippen LogP contribution in [0.2, 0.25) is 0 Å². The zero-order chi connectivity index (χ0) is 14.2. The zero-order valence-electron chi connectivity index (χ0n) is 11.9. The van der Waals surface area contributed by atoms with Crippen molar-refractivity contribution in [3.05, 3.63) is 24.3 Å². The van der Waals surface area contributed by atoms with E-state index in [4.69, 9.17) is 0 Å². The van der Waals surface area contributed by atoms with Crippen LogP contribution in [0.1, 0.15) is 25.7 Å². The van der Waals surface area contributed by atoms with E-state index in [1.54, 1.807) is 12.1 Å². The van der Waals surface area contributed by atoms with Crippen LogP contribution in [0.4, 0.5) is 5.69 Å². The summed E-state index contributed by atoms with van der Waals surface area (Å²) >= 11 is 0. The summed E-state index contributed by atoms with van der Waals surface area (Å²) < 4.78 is 23.2. The predicted molar refractivity (Wildman–Crippen MR) is 80.8 cm³/mol. The van der Waals surface area contributed by atoms with E-state index in [0.29, 0.717) is 17.0 Å². The van der Waals surface area contributed by atoms with Crippen LogP contribution in [-0.4, -0.2) is 44.7 Å². The molecule has 2 fully saturated rings. The normalized spacial score (nSPS) is 27.2. The molecule has 0 aliphatic carbocycles. The van der Waals surface area contributed by atoms with Gasteiger partial charge in [0.25, 0.3) is 0 Å². The predicted octanol–water partition coefficient (Wildman–Crippen LogP) is 2.13. The second kappa shape index (κ2) is 5.37. The Labute approximate surface area is 121 Å². The Morgan fingerprint density at radius 2 is 2.05 bits per heavy atom. The third-order valence-electron chi connectivity index (χ3n) is 4.47. The van der Waals surface area contributed by atoms with E-state index in [1.165, 1.54) is 32.1 Å². The van der Waals surface area contributed by atoms with Gasteiger partial charge in [-0.3, -0.25) is 4.90 Å². The molecule has 2 unspecified atom stereocenters. The van der Waals surface area contributed by atoms with Crippen LogP contribution < -0.4 is 5.32 Å². The van der Waals surface area contributed by atoms with Crippen molar-refractivity contribution in [2.24, 2.45) is 0 Å². The standard InChI is InChI=1S/C15H22N2O2S/c1-20(18,19)13-6-4-5-12(11-13)16-14-8-10-17-9-3-2-7-15(14)17/h4-6,11,14-16H,2-3,7-10H2,1H3.